The van der Waals surface area contributed by atoms with Gasteiger partial charge in [0.05, 0.1) is 39.0 Å². The Bertz CT molecular complexity index is 3530. The van der Waals surface area contributed by atoms with Crippen LogP contribution in [0.25, 0.3) is 88.4 Å². The number of hydrogen-bond acceptors (Lipinski definition) is 4. The fourth-order valence-electron chi connectivity index (χ4n) is 10.0. The first-order valence-electron chi connectivity index (χ1n) is 20.4. The predicted octanol–water partition coefficient (Wildman–Crippen LogP) is 14.0. The van der Waals surface area contributed by atoms with Crippen molar-refractivity contribution >= 4 is 43.5 Å². The summed E-state index contributed by atoms with van der Waals surface area (Å²) in [6.07, 6.45) is 0. The largest absolute Gasteiger partial charge is 0.457 e. The Morgan fingerprint density at radius 3 is 1.60 bits per heavy atom. The molecule has 2 aliphatic rings. The van der Waals surface area contributed by atoms with Gasteiger partial charge < -0.3 is 4.74 Å². The lowest BCUT2D eigenvalue weighted by Gasteiger charge is -2.39. The number of fused-ring (bicyclic) bond motifs is 15. The molecular weight excluding hydrogens is 731 g/mol. The lowest BCUT2D eigenvalue weighted by Crippen LogP contribution is -2.32. The minimum Gasteiger partial charge on any atom is -0.457 e. The van der Waals surface area contributed by atoms with Crippen molar-refractivity contribution in [2.24, 2.45) is 0 Å². The molecule has 0 radical (unpaired) electrons. The third kappa shape index (κ3) is 4.64. The molecule has 0 unspecified atom stereocenters. The Morgan fingerprint density at radius 2 is 0.917 bits per heavy atom. The Labute approximate surface area is 346 Å². The van der Waals surface area contributed by atoms with E-state index in [9.17, 15) is 0 Å². The first-order valence-corrected chi connectivity index (χ1v) is 20.4. The fourth-order valence-corrected chi connectivity index (χ4v) is 10.0. The number of hydrogen-bond donors (Lipinski definition) is 0. The van der Waals surface area contributed by atoms with Crippen molar-refractivity contribution in [1.29, 1.82) is 0 Å². The van der Waals surface area contributed by atoms with Gasteiger partial charge in [0.2, 0.25) is 0 Å². The quantitative estimate of drug-likeness (QED) is 0.168. The van der Waals surface area contributed by atoms with Crippen LogP contribution in [0.15, 0.2) is 200 Å². The number of pyridine rings is 3. The summed E-state index contributed by atoms with van der Waals surface area (Å²) in [6.45, 7) is 0. The van der Waals surface area contributed by atoms with Gasteiger partial charge in [-0.1, -0.05) is 158 Å². The zero-order valence-electron chi connectivity index (χ0n) is 32.3. The molecule has 0 atom stereocenters. The van der Waals surface area contributed by atoms with Gasteiger partial charge in [0, 0.05) is 49.4 Å². The summed E-state index contributed by atoms with van der Waals surface area (Å²) < 4.78 is 6.64. The zero-order chi connectivity index (χ0) is 39.4. The number of rotatable bonds is 3. The molecular formula is C56H33N3O. The molecule has 1 aliphatic carbocycles. The minimum absolute atomic E-state index is 0.569. The molecule has 0 N–H and O–H groups in total. The molecule has 0 bridgehead atoms. The summed E-state index contributed by atoms with van der Waals surface area (Å²) in [5.41, 5.74) is 15.3. The molecule has 8 aromatic carbocycles. The van der Waals surface area contributed by atoms with E-state index in [1.807, 2.05) is 18.2 Å². The maximum atomic E-state index is 6.64. The van der Waals surface area contributed by atoms with Crippen molar-refractivity contribution in [3.05, 3.63) is 222 Å². The van der Waals surface area contributed by atoms with Crippen molar-refractivity contribution in [1.82, 2.24) is 15.0 Å². The number of nitrogens with zero attached hydrogens (tertiary/aromatic N) is 3. The Balaban J connectivity index is 1.07. The van der Waals surface area contributed by atoms with Gasteiger partial charge in [-0.05, 0) is 70.1 Å². The van der Waals surface area contributed by atoms with E-state index < -0.39 is 5.41 Å². The first kappa shape index (κ1) is 33.1. The second-order valence-corrected chi connectivity index (χ2v) is 15.9. The highest BCUT2D eigenvalue weighted by molar-refractivity contribution is 6.14. The zero-order valence-corrected chi connectivity index (χ0v) is 32.3. The van der Waals surface area contributed by atoms with E-state index >= 15 is 0 Å². The van der Waals surface area contributed by atoms with E-state index in [1.165, 1.54) is 22.3 Å². The highest BCUT2D eigenvalue weighted by Crippen LogP contribution is 2.62. The smallest absolute Gasteiger partial charge is 0.132 e. The van der Waals surface area contributed by atoms with Crippen LogP contribution in [-0.2, 0) is 5.41 Å². The topological polar surface area (TPSA) is 47.9 Å². The van der Waals surface area contributed by atoms with Crippen LogP contribution in [-0.4, -0.2) is 15.0 Å². The molecule has 3 aromatic heterocycles. The maximum Gasteiger partial charge on any atom is 0.132 e. The average Bonchev–Trinajstić information content (AvgIpc) is 3.60. The molecule has 11 aromatic rings. The molecule has 4 nitrogen and oxygen atoms in total. The van der Waals surface area contributed by atoms with Gasteiger partial charge in [-0.15, -0.1) is 0 Å². The molecule has 0 amide bonds. The van der Waals surface area contributed by atoms with E-state index in [-0.39, 0.29) is 0 Å². The first-order chi connectivity index (χ1) is 29.7. The summed E-state index contributed by atoms with van der Waals surface area (Å²) in [5, 5.41) is 5.49. The second-order valence-electron chi connectivity index (χ2n) is 15.9. The Kier molecular flexibility index (Phi) is 6.90. The molecule has 278 valence electrons. The number of benzene rings is 8. The highest BCUT2D eigenvalue weighted by atomic mass is 16.5. The number of aromatic nitrogens is 3. The summed E-state index contributed by atoms with van der Waals surface area (Å²) in [5.74, 6) is 1.77. The molecule has 1 spiro atoms. The predicted molar refractivity (Wildman–Crippen MR) is 244 cm³/mol. The summed E-state index contributed by atoms with van der Waals surface area (Å²) in [6, 6.07) is 71.2. The van der Waals surface area contributed by atoms with Crippen molar-refractivity contribution in [2.75, 3.05) is 0 Å². The van der Waals surface area contributed by atoms with Crippen LogP contribution in [0, 0.1) is 0 Å². The van der Waals surface area contributed by atoms with Gasteiger partial charge >= 0.3 is 0 Å². The van der Waals surface area contributed by atoms with Gasteiger partial charge in [0.1, 0.15) is 11.5 Å². The fraction of sp³-hybridized carbons (Fsp3) is 0.0179. The van der Waals surface area contributed by atoms with E-state index in [4.69, 9.17) is 19.7 Å². The second kappa shape index (κ2) is 12.5. The monoisotopic (exact) mass is 763 g/mol. The van der Waals surface area contributed by atoms with Crippen molar-refractivity contribution in [3.63, 3.8) is 0 Å². The van der Waals surface area contributed by atoms with E-state index in [0.29, 0.717) is 0 Å². The van der Waals surface area contributed by atoms with Gasteiger partial charge in [0.25, 0.3) is 0 Å². The summed E-state index contributed by atoms with van der Waals surface area (Å²) in [7, 11) is 0. The lowest BCUT2D eigenvalue weighted by atomic mass is 9.66. The maximum absolute atomic E-state index is 6.64. The van der Waals surface area contributed by atoms with Gasteiger partial charge in [-0.3, -0.25) is 0 Å². The molecule has 0 saturated heterocycles. The van der Waals surface area contributed by atoms with Gasteiger partial charge in [-0.2, -0.15) is 0 Å². The number of ether oxygens (including phenoxy) is 1. The van der Waals surface area contributed by atoms with Crippen LogP contribution < -0.4 is 4.74 Å². The third-order valence-electron chi connectivity index (χ3n) is 12.7. The standard InChI is InChI=1S/C56H33N3O/c1-3-13-34(14-4-1)48-29-26-36-23-24-37-27-30-49(58-55(37)54(36)57-48)38-25-28-40-41-33-47-42(32-43(41)53(59-50(40)31-38)35-15-5-2-6-16-35)39-17-7-8-18-44(39)56(47)45-19-9-11-21-51(45)60-52-22-12-10-20-46(52)56/h1-33H. The van der Waals surface area contributed by atoms with Crippen LogP contribution >= 0.6 is 0 Å². The van der Waals surface area contributed by atoms with Crippen LogP contribution in [0.2, 0.25) is 0 Å². The van der Waals surface area contributed by atoms with Crippen molar-refractivity contribution in [3.8, 4) is 56.4 Å². The normalized spacial score (nSPS) is 13.3. The molecule has 0 saturated carbocycles. The molecule has 1 aliphatic heterocycles. The molecule has 4 heterocycles. The van der Waals surface area contributed by atoms with E-state index in [0.717, 1.165) is 99.9 Å². The Morgan fingerprint density at radius 1 is 0.350 bits per heavy atom. The molecule has 13 rings (SSSR count). The van der Waals surface area contributed by atoms with Crippen molar-refractivity contribution < 1.29 is 4.74 Å². The van der Waals surface area contributed by atoms with E-state index in [2.05, 4.69) is 182 Å². The number of para-hydroxylation sites is 2. The molecule has 0 fully saturated rings. The lowest BCUT2D eigenvalue weighted by molar-refractivity contribution is 0.436. The average molecular weight is 764 g/mol. The van der Waals surface area contributed by atoms with Crippen LogP contribution in [0.3, 0.4) is 0 Å². The minimum atomic E-state index is -0.569. The summed E-state index contributed by atoms with van der Waals surface area (Å²) >= 11 is 0. The van der Waals surface area contributed by atoms with Crippen LogP contribution in [0.5, 0.6) is 11.5 Å². The van der Waals surface area contributed by atoms with Crippen LogP contribution in [0.1, 0.15) is 22.3 Å². The van der Waals surface area contributed by atoms with Gasteiger partial charge in [-0.25, -0.2) is 15.0 Å². The summed E-state index contributed by atoms with van der Waals surface area (Å²) in [4.78, 5) is 16.0. The van der Waals surface area contributed by atoms with Gasteiger partial charge in [0.15, 0.2) is 0 Å². The third-order valence-corrected chi connectivity index (χ3v) is 12.7. The Hall–Kier alpha value is -7.95. The van der Waals surface area contributed by atoms with Crippen molar-refractivity contribution in [2.45, 2.75) is 5.41 Å². The SMILES string of the molecule is c1ccc(-c2ccc3ccc4ccc(-c5ccc6c(c5)nc(-c5ccccc5)c5cc7c(cc56)C5(c6ccccc6Oc6ccccc65)c5ccccc5-7)nc4c3n2)cc1. The van der Waals surface area contributed by atoms with Crippen LogP contribution in [0.4, 0.5) is 0 Å². The molecule has 4 heteroatoms. The molecule has 60 heavy (non-hydrogen) atoms. The highest BCUT2D eigenvalue weighted by Gasteiger charge is 2.51. The van der Waals surface area contributed by atoms with E-state index in [1.54, 1.807) is 0 Å².